The van der Waals surface area contributed by atoms with Crippen LogP contribution in [0.1, 0.15) is 80.6 Å². The first kappa shape index (κ1) is 39.9. The van der Waals surface area contributed by atoms with Gasteiger partial charge in [0, 0.05) is 38.2 Å². The molecule has 49 heavy (non-hydrogen) atoms. The zero-order chi connectivity index (χ0) is 36.4. The third-order valence-electron chi connectivity index (χ3n) is 11.9. The fourth-order valence-electron chi connectivity index (χ4n) is 8.77. The second-order valence-corrected chi connectivity index (χ2v) is 15.9. The van der Waals surface area contributed by atoms with Gasteiger partial charge in [-0.1, -0.05) is 20.8 Å². The molecule has 0 aromatic carbocycles. The Morgan fingerprint density at radius 3 is 2.33 bits per heavy atom. The summed E-state index contributed by atoms with van der Waals surface area (Å²) in [5.74, 6) is -2.98. The summed E-state index contributed by atoms with van der Waals surface area (Å²) in [6.07, 6.45) is -0.526. The number of ether oxygens (including phenoxy) is 5. The van der Waals surface area contributed by atoms with E-state index in [0.29, 0.717) is 25.8 Å². The van der Waals surface area contributed by atoms with Crippen molar-refractivity contribution in [3.63, 3.8) is 0 Å². The van der Waals surface area contributed by atoms with Crippen molar-refractivity contribution in [2.24, 2.45) is 17.8 Å². The Bertz CT molecular complexity index is 1150. The summed E-state index contributed by atoms with van der Waals surface area (Å²) in [6.45, 7) is 16.4. The molecule has 4 unspecified atom stereocenters. The Morgan fingerprint density at radius 1 is 1.08 bits per heavy atom. The number of ketones is 1. The molecule has 13 heteroatoms. The molecule has 4 rings (SSSR count). The Kier molecular flexibility index (Phi) is 13.2. The smallest absolute Gasteiger partial charge is 0.408 e. The van der Waals surface area contributed by atoms with Gasteiger partial charge in [-0.2, -0.15) is 0 Å². The largest absolute Gasteiger partial charge is 0.458 e. The minimum Gasteiger partial charge on any atom is -0.458 e. The van der Waals surface area contributed by atoms with Gasteiger partial charge in [0.05, 0.1) is 23.9 Å². The van der Waals surface area contributed by atoms with E-state index in [0.717, 1.165) is 32.5 Å². The molecule has 4 fully saturated rings. The van der Waals surface area contributed by atoms with E-state index in [2.05, 4.69) is 22.0 Å². The van der Waals surface area contributed by atoms with Gasteiger partial charge in [0.25, 0.3) is 0 Å². The maximum absolute atomic E-state index is 14.3. The molecule has 0 aromatic heterocycles. The van der Waals surface area contributed by atoms with Crippen molar-refractivity contribution in [1.82, 2.24) is 20.0 Å². The minimum absolute atomic E-state index is 0.0483. The molecular formula is C36H64N4O9. The van der Waals surface area contributed by atoms with Crippen LogP contribution in [-0.4, -0.2) is 152 Å². The molecule has 4 aliphatic rings. The number of nitrogens with one attached hydrogen (secondary N) is 1. The van der Waals surface area contributed by atoms with Crippen molar-refractivity contribution in [3.05, 3.63) is 0 Å². The molecule has 13 atom stereocenters. The van der Waals surface area contributed by atoms with Gasteiger partial charge in [0.2, 0.25) is 0 Å². The molecule has 0 radical (unpaired) electrons. The maximum atomic E-state index is 14.3. The van der Waals surface area contributed by atoms with Gasteiger partial charge in [0.1, 0.15) is 18.1 Å². The molecule has 0 saturated carbocycles. The topological polar surface area (TPSA) is 139 Å². The summed E-state index contributed by atoms with van der Waals surface area (Å²) in [7, 11) is 7.50. The highest BCUT2D eigenvalue weighted by atomic mass is 16.7. The lowest BCUT2D eigenvalue weighted by molar-refractivity contribution is -0.298. The van der Waals surface area contributed by atoms with Crippen molar-refractivity contribution in [1.29, 1.82) is 0 Å². The summed E-state index contributed by atoms with van der Waals surface area (Å²) in [5, 5.41) is 14.6. The first-order chi connectivity index (χ1) is 22.9. The molecule has 4 aliphatic heterocycles. The normalized spacial score (nSPS) is 43.8. The Balaban J connectivity index is 1.70. The van der Waals surface area contributed by atoms with Gasteiger partial charge in [-0.05, 0) is 99.9 Å². The number of Topliss-reactive ketones (excluding diaryl/α,β-unsaturated/α-hetero) is 1. The number of nitrogens with zero attached hydrogens (tertiary/aromatic N) is 3. The number of rotatable bonds is 7. The van der Waals surface area contributed by atoms with E-state index in [1.807, 2.05) is 46.8 Å². The highest BCUT2D eigenvalue weighted by Crippen LogP contribution is 2.38. The summed E-state index contributed by atoms with van der Waals surface area (Å²) < 4.78 is 31.5. The summed E-state index contributed by atoms with van der Waals surface area (Å²) in [4.78, 5) is 47.2. The predicted octanol–water partition coefficient (Wildman–Crippen LogP) is 2.67. The van der Waals surface area contributed by atoms with Crippen molar-refractivity contribution in [2.45, 2.75) is 141 Å². The first-order valence-electron chi connectivity index (χ1n) is 18.3. The van der Waals surface area contributed by atoms with Crippen LogP contribution < -0.4 is 5.32 Å². The molecule has 0 spiro atoms. The number of aliphatic hydroxyl groups is 1. The molecule has 4 heterocycles. The van der Waals surface area contributed by atoms with E-state index in [1.54, 1.807) is 27.9 Å². The summed E-state index contributed by atoms with van der Waals surface area (Å²) >= 11 is 0. The number of carbonyl (C=O) groups is 3. The van der Waals surface area contributed by atoms with Crippen molar-refractivity contribution in [2.75, 3.05) is 54.4 Å². The number of aliphatic hydroxyl groups excluding tert-OH is 1. The fraction of sp³-hybridized carbons (Fsp3) is 0.917. The monoisotopic (exact) mass is 696 g/mol. The van der Waals surface area contributed by atoms with Crippen LogP contribution in [0.2, 0.25) is 0 Å². The lowest BCUT2D eigenvalue weighted by atomic mass is 9.78. The second-order valence-electron chi connectivity index (χ2n) is 15.9. The van der Waals surface area contributed by atoms with E-state index in [4.69, 9.17) is 23.7 Å². The number of methoxy groups -OCH3 is 1. The molecule has 1 amide bonds. The van der Waals surface area contributed by atoms with Crippen LogP contribution in [0.25, 0.3) is 0 Å². The van der Waals surface area contributed by atoms with Crippen LogP contribution in [0.4, 0.5) is 4.79 Å². The van der Waals surface area contributed by atoms with Gasteiger partial charge < -0.3 is 48.8 Å². The predicted molar refractivity (Wildman–Crippen MR) is 184 cm³/mol. The van der Waals surface area contributed by atoms with Crippen molar-refractivity contribution in [3.8, 4) is 0 Å². The third-order valence-corrected chi connectivity index (χ3v) is 11.9. The standard InChI is InChI=1S/C36H64N4O9/c1-12-27-36(7)30(37-34(44)49-36)24(5)39(10)19-21(2)18-35(6,45-11)31(22(3)28(41)23(4)32(43)47-27)48-33-29(42)26(38(8)9)17-25(46-33)20-40-15-13-14-16-40/h21-27,29-31,33,42H,12-20H2,1-11H3,(H,37,44)/t21-,22+,23?,24-,25?,26?,27-,29?,30-,31-,33+,35-,36-/m1/s1. The van der Waals surface area contributed by atoms with Gasteiger partial charge in [0.15, 0.2) is 17.7 Å². The lowest BCUT2D eigenvalue weighted by Crippen LogP contribution is -2.60. The van der Waals surface area contributed by atoms with Crippen LogP contribution in [0, 0.1) is 17.8 Å². The molecular weight excluding hydrogens is 632 g/mol. The van der Waals surface area contributed by atoms with Crippen LogP contribution in [0.3, 0.4) is 0 Å². The van der Waals surface area contributed by atoms with Gasteiger partial charge in [-0.3, -0.25) is 9.59 Å². The lowest BCUT2D eigenvalue weighted by Gasteiger charge is -2.47. The molecule has 282 valence electrons. The van der Waals surface area contributed by atoms with E-state index in [-0.39, 0.29) is 29.9 Å². The van der Waals surface area contributed by atoms with Gasteiger partial charge >= 0.3 is 12.1 Å². The summed E-state index contributed by atoms with van der Waals surface area (Å²) in [5.41, 5.74) is -2.16. The Hall–Kier alpha value is -1.87. The zero-order valence-electron chi connectivity index (χ0n) is 31.8. The quantitative estimate of drug-likeness (QED) is 0.299. The van der Waals surface area contributed by atoms with Crippen molar-refractivity contribution < 1.29 is 43.2 Å². The number of esters is 1. The van der Waals surface area contributed by atoms with E-state index >= 15 is 0 Å². The molecule has 2 N–H and O–H groups in total. The Labute approximate surface area is 293 Å². The summed E-state index contributed by atoms with van der Waals surface area (Å²) in [6, 6.07) is -0.874. The average molecular weight is 697 g/mol. The van der Waals surface area contributed by atoms with Crippen molar-refractivity contribution >= 4 is 17.8 Å². The third kappa shape index (κ3) is 8.61. The maximum Gasteiger partial charge on any atom is 0.408 e. The van der Waals surface area contributed by atoms with Gasteiger partial charge in [-0.15, -0.1) is 0 Å². The molecule has 13 nitrogen and oxygen atoms in total. The molecule has 4 saturated heterocycles. The minimum atomic E-state index is -1.15. The van der Waals surface area contributed by atoms with E-state index in [1.165, 1.54) is 0 Å². The average Bonchev–Trinajstić information content (AvgIpc) is 3.67. The number of carbonyl (C=O) groups excluding carboxylic acids is 3. The number of alkyl carbamates (subject to hydrolysis) is 1. The number of hydrogen-bond acceptors (Lipinski definition) is 12. The number of fused-ring (bicyclic) bond motifs is 1. The van der Waals surface area contributed by atoms with Crippen LogP contribution in [0.15, 0.2) is 0 Å². The highest BCUT2D eigenvalue weighted by Gasteiger charge is 2.56. The number of likely N-dealkylation sites (tertiary alicyclic amines) is 1. The highest BCUT2D eigenvalue weighted by molar-refractivity contribution is 6.00. The zero-order valence-corrected chi connectivity index (χ0v) is 31.8. The van der Waals surface area contributed by atoms with E-state index < -0.39 is 65.7 Å². The number of hydrogen-bond donors (Lipinski definition) is 2. The SMILES string of the molecule is CC[C@H]1OC(=O)C(C)C(=O)[C@H](C)[C@@H](O[C@@H]2OC(CN3CCCC3)CC(N(C)C)C2O)[C@](C)(OC)C[C@@H](C)CN(C)[C@H](C)[C@H]2NC(=O)O[C@@]21C. The second kappa shape index (κ2) is 16.2. The van der Waals surface area contributed by atoms with Crippen LogP contribution >= 0.6 is 0 Å². The molecule has 0 aliphatic carbocycles. The fourth-order valence-corrected chi connectivity index (χ4v) is 8.77. The van der Waals surface area contributed by atoms with Crippen LogP contribution in [-0.2, 0) is 33.3 Å². The molecule has 0 bridgehead atoms. The molecule has 0 aromatic rings. The van der Waals surface area contributed by atoms with E-state index in [9.17, 15) is 19.5 Å². The van der Waals surface area contributed by atoms with Crippen LogP contribution in [0.5, 0.6) is 0 Å². The number of cyclic esters (lactones) is 1. The number of likely N-dealkylation sites (N-methyl/N-ethyl adjacent to an activating group) is 2. The Morgan fingerprint density at radius 2 is 1.73 bits per heavy atom. The van der Waals surface area contributed by atoms with Gasteiger partial charge in [-0.25, -0.2) is 4.79 Å². The number of amides is 1. The first-order valence-corrected chi connectivity index (χ1v) is 18.3.